The maximum absolute atomic E-state index is 6.79. The molecule has 0 atom stereocenters. The van der Waals surface area contributed by atoms with Crippen molar-refractivity contribution in [3.8, 4) is 0 Å². The fourth-order valence-electron chi connectivity index (χ4n) is 0.168. The van der Waals surface area contributed by atoms with Gasteiger partial charge in [-0.05, 0) is 6.92 Å². The number of hydrogen-bond acceptors (Lipinski definition) is 2. The van der Waals surface area contributed by atoms with E-state index >= 15 is 0 Å². The summed E-state index contributed by atoms with van der Waals surface area (Å²) in [5, 5.41) is 13.6. The Bertz CT molecular complexity index is 103. The lowest BCUT2D eigenvalue weighted by Crippen LogP contribution is -2.31. The molecule has 0 spiro atoms. The highest BCUT2D eigenvalue weighted by Crippen LogP contribution is 1.88. The second-order valence-corrected chi connectivity index (χ2v) is 1.63. The summed E-state index contributed by atoms with van der Waals surface area (Å²) in [5.41, 5.74) is 10.00. The third-order valence-electron chi connectivity index (χ3n) is 0.933. The minimum Gasteiger partial charge on any atom is -0.387 e. The molecule has 0 saturated heterocycles. The Labute approximate surface area is 47.9 Å². The summed E-state index contributed by atoms with van der Waals surface area (Å²) in [6.45, 7) is 1.62. The van der Waals surface area contributed by atoms with Crippen LogP contribution in [0.15, 0.2) is 0 Å². The SMILES string of the molecule is CC(C(=N)N)C(=N)N. The van der Waals surface area contributed by atoms with Gasteiger partial charge in [0.1, 0.15) is 11.7 Å². The zero-order valence-electron chi connectivity index (χ0n) is 4.73. The monoisotopic (exact) mass is 114 g/mol. The van der Waals surface area contributed by atoms with E-state index in [-0.39, 0.29) is 11.7 Å². The Kier molecular flexibility index (Phi) is 1.99. The first kappa shape index (κ1) is 6.94. The van der Waals surface area contributed by atoms with Gasteiger partial charge in [0.15, 0.2) is 0 Å². The van der Waals surface area contributed by atoms with Gasteiger partial charge in [0, 0.05) is 0 Å². The van der Waals surface area contributed by atoms with Gasteiger partial charge in [-0.15, -0.1) is 0 Å². The third kappa shape index (κ3) is 1.59. The first-order valence-electron chi connectivity index (χ1n) is 2.23. The Balaban J connectivity index is 3.83. The molecular formula is C4H10N4. The first-order valence-corrected chi connectivity index (χ1v) is 2.23. The molecule has 46 valence electrons. The number of nitrogens with one attached hydrogen (secondary N) is 2. The molecule has 0 aromatic heterocycles. The smallest absolute Gasteiger partial charge is 0.101 e. The third-order valence-corrected chi connectivity index (χ3v) is 0.933. The van der Waals surface area contributed by atoms with Crippen LogP contribution in [0.2, 0.25) is 0 Å². The Morgan fingerprint density at radius 3 is 1.50 bits per heavy atom. The van der Waals surface area contributed by atoms with Gasteiger partial charge < -0.3 is 11.5 Å². The van der Waals surface area contributed by atoms with Crippen LogP contribution in [-0.2, 0) is 0 Å². The fraction of sp³-hybridized carbons (Fsp3) is 0.500. The average Bonchev–Trinajstić information content (AvgIpc) is 1.64. The van der Waals surface area contributed by atoms with Crippen molar-refractivity contribution < 1.29 is 0 Å². The summed E-state index contributed by atoms with van der Waals surface area (Å²) in [5.74, 6) is -0.523. The predicted octanol–water partition coefficient (Wildman–Crippen LogP) is -0.506. The van der Waals surface area contributed by atoms with E-state index in [9.17, 15) is 0 Å². The molecule has 0 unspecified atom stereocenters. The molecule has 0 radical (unpaired) electrons. The second kappa shape index (κ2) is 2.30. The van der Waals surface area contributed by atoms with Gasteiger partial charge in [-0.25, -0.2) is 0 Å². The van der Waals surface area contributed by atoms with Crippen molar-refractivity contribution in [2.24, 2.45) is 17.4 Å². The van der Waals surface area contributed by atoms with Crippen LogP contribution in [-0.4, -0.2) is 11.7 Å². The van der Waals surface area contributed by atoms with Crippen molar-refractivity contribution in [1.82, 2.24) is 0 Å². The molecule has 0 fully saturated rings. The van der Waals surface area contributed by atoms with Gasteiger partial charge in [-0.2, -0.15) is 0 Å². The quantitative estimate of drug-likeness (QED) is 0.287. The molecule has 0 aliphatic carbocycles. The molecule has 0 heterocycles. The Morgan fingerprint density at radius 2 is 1.50 bits per heavy atom. The lowest BCUT2D eigenvalue weighted by Gasteiger charge is -2.04. The maximum Gasteiger partial charge on any atom is 0.101 e. The van der Waals surface area contributed by atoms with Crippen molar-refractivity contribution in [1.29, 1.82) is 10.8 Å². The standard InChI is InChI=1S/C4H10N4/c1-2(3(5)6)4(7)8/h2H,1H3,(H3,5,6)(H3,7,8). The molecule has 0 aromatic carbocycles. The molecule has 0 aliphatic rings. The van der Waals surface area contributed by atoms with Crippen LogP contribution in [0.25, 0.3) is 0 Å². The van der Waals surface area contributed by atoms with Crippen molar-refractivity contribution in [2.75, 3.05) is 0 Å². The van der Waals surface area contributed by atoms with Crippen LogP contribution >= 0.6 is 0 Å². The topological polar surface area (TPSA) is 99.7 Å². The number of rotatable bonds is 2. The first-order chi connectivity index (χ1) is 3.55. The second-order valence-electron chi connectivity index (χ2n) is 1.63. The molecular weight excluding hydrogens is 104 g/mol. The highest BCUT2D eigenvalue weighted by Gasteiger charge is 2.06. The summed E-state index contributed by atoms with van der Waals surface area (Å²) in [4.78, 5) is 0. The Hall–Kier alpha value is -1.06. The largest absolute Gasteiger partial charge is 0.387 e. The van der Waals surface area contributed by atoms with Crippen LogP contribution in [0.5, 0.6) is 0 Å². The van der Waals surface area contributed by atoms with E-state index < -0.39 is 5.92 Å². The summed E-state index contributed by atoms with van der Waals surface area (Å²) in [6.07, 6.45) is 0. The zero-order valence-corrected chi connectivity index (χ0v) is 4.73. The van der Waals surface area contributed by atoms with E-state index in [0.717, 1.165) is 0 Å². The van der Waals surface area contributed by atoms with Gasteiger partial charge in [0.2, 0.25) is 0 Å². The molecule has 0 aromatic rings. The molecule has 6 N–H and O–H groups in total. The van der Waals surface area contributed by atoms with Crippen LogP contribution in [0.1, 0.15) is 6.92 Å². The highest BCUT2D eigenvalue weighted by molar-refractivity contribution is 6.00. The molecule has 8 heavy (non-hydrogen) atoms. The minimum absolute atomic E-state index is 0.0579. The van der Waals surface area contributed by atoms with E-state index in [2.05, 4.69) is 0 Å². The van der Waals surface area contributed by atoms with Gasteiger partial charge in [-0.3, -0.25) is 10.8 Å². The van der Waals surface area contributed by atoms with E-state index in [4.69, 9.17) is 22.3 Å². The van der Waals surface area contributed by atoms with E-state index in [1.165, 1.54) is 0 Å². The summed E-state index contributed by atoms with van der Waals surface area (Å²) < 4.78 is 0. The fourth-order valence-corrected chi connectivity index (χ4v) is 0.168. The summed E-state index contributed by atoms with van der Waals surface area (Å²) in [7, 11) is 0. The van der Waals surface area contributed by atoms with Gasteiger partial charge >= 0.3 is 0 Å². The van der Waals surface area contributed by atoms with Crippen molar-refractivity contribution in [3.05, 3.63) is 0 Å². The van der Waals surface area contributed by atoms with E-state index in [1.807, 2.05) is 0 Å². The minimum atomic E-state index is -0.407. The predicted molar refractivity (Wildman–Crippen MR) is 33.0 cm³/mol. The molecule has 4 heteroatoms. The maximum atomic E-state index is 6.79. The average molecular weight is 114 g/mol. The molecule has 0 aliphatic heterocycles. The molecule has 0 saturated carbocycles. The van der Waals surface area contributed by atoms with Crippen molar-refractivity contribution >= 4 is 11.7 Å². The van der Waals surface area contributed by atoms with E-state index in [1.54, 1.807) is 6.92 Å². The van der Waals surface area contributed by atoms with Crippen molar-refractivity contribution in [2.45, 2.75) is 6.92 Å². The molecule has 0 bridgehead atoms. The number of nitrogens with two attached hydrogens (primary N) is 2. The normalized spacial score (nSPS) is 12.6. The number of amidine groups is 2. The highest BCUT2D eigenvalue weighted by atomic mass is 14.8. The van der Waals surface area contributed by atoms with Gasteiger partial charge in [-0.1, -0.05) is 0 Å². The van der Waals surface area contributed by atoms with Crippen LogP contribution in [0, 0.1) is 16.7 Å². The molecule has 0 rings (SSSR count). The van der Waals surface area contributed by atoms with Gasteiger partial charge in [0.25, 0.3) is 0 Å². The van der Waals surface area contributed by atoms with Gasteiger partial charge in [0.05, 0.1) is 5.92 Å². The van der Waals surface area contributed by atoms with E-state index in [0.29, 0.717) is 0 Å². The lowest BCUT2D eigenvalue weighted by atomic mass is 10.1. The van der Waals surface area contributed by atoms with Crippen LogP contribution < -0.4 is 11.5 Å². The number of hydrogen-bond donors (Lipinski definition) is 4. The summed E-state index contributed by atoms with van der Waals surface area (Å²) >= 11 is 0. The van der Waals surface area contributed by atoms with Crippen molar-refractivity contribution in [3.63, 3.8) is 0 Å². The Morgan fingerprint density at radius 1 is 1.25 bits per heavy atom. The van der Waals surface area contributed by atoms with Crippen LogP contribution in [0.4, 0.5) is 0 Å². The molecule has 4 nitrogen and oxygen atoms in total. The summed E-state index contributed by atoms with van der Waals surface area (Å²) in [6, 6.07) is 0. The molecule has 0 amide bonds. The zero-order chi connectivity index (χ0) is 6.73. The van der Waals surface area contributed by atoms with Crippen LogP contribution in [0.3, 0.4) is 0 Å². The lowest BCUT2D eigenvalue weighted by molar-refractivity contribution is 0.994.